The summed E-state index contributed by atoms with van der Waals surface area (Å²) >= 11 is 0. The second-order valence-corrected chi connectivity index (χ2v) is 5.23. The number of carbonyl (C=O) groups is 2. The lowest BCUT2D eigenvalue weighted by atomic mass is 9.82. The number of carbonyl (C=O) groups excluding carboxylic acids is 2. The molecule has 1 aliphatic carbocycles. The SMILES string of the molecule is CCC1(C(=O)N2CCNC(=O)CC2)CCCC1. The fourth-order valence-electron chi connectivity index (χ4n) is 3.08. The highest BCUT2D eigenvalue weighted by Crippen LogP contribution is 2.42. The van der Waals surface area contributed by atoms with Crippen LogP contribution >= 0.6 is 0 Å². The second kappa shape index (κ2) is 5.07. The minimum absolute atomic E-state index is 0.0669. The average Bonchev–Trinajstić information content (AvgIpc) is 2.73. The molecule has 0 atom stereocenters. The van der Waals surface area contributed by atoms with Crippen molar-refractivity contribution < 1.29 is 9.59 Å². The van der Waals surface area contributed by atoms with Crippen LogP contribution in [0.25, 0.3) is 0 Å². The van der Waals surface area contributed by atoms with Crippen LogP contribution in [-0.4, -0.2) is 36.3 Å². The number of rotatable bonds is 2. The number of hydrogen-bond acceptors (Lipinski definition) is 2. The monoisotopic (exact) mass is 238 g/mol. The zero-order chi connectivity index (χ0) is 12.3. The summed E-state index contributed by atoms with van der Waals surface area (Å²) in [5.41, 5.74) is -0.118. The summed E-state index contributed by atoms with van der Waals surface area (Å²) in [6.07, 6.45) is 5.78. The Labute approximate surface area is 103 Å². The van der Waals surface area contributed by atoms with Gasteiger partial charge in [-0.25, -0.2) is 0 Å². The van der Waals surface area contributed by atoms with E-state index >= 15 is 0 Å². The molecule has 0 aromatic heterocycles. The molecule has 4 nitrogen and oxygen atoms in total. The van der Waals surface area contributed by atoms with Crippen LogP contribution in [0.15, 0.2) is 0 Å². The van der Waals surface area contributed by atoms with Crippen molar-refractivity contribution in [3.05, 3.63) is 0 Å². The molecule has 0 bridgehead atoms. The van der Waals surface area contributed by atoms with Crippen molar-refractivity contribution >= 4 is 11.8 Å². The Morgan fingerprint density at radius 2 is 2.06 bits per heavy atom. The van der Waals surface area contributed by atoms with E-state index in [1.54, 1.807) is 0 Å². The maximum absolute atomic E-state index is 12.6. The largest absolute Gasteiger partial charge is 0.354 e. The molecule has 0 unspecified atom stereocenters. The molecule has 2 amide bonds. The summed E-state index contributed by atoms with van der Waals surface area (Å²) in [7, 11) is 0. The summed E-state index contributed by atoms with van der Waals surface area (Å²) in [6.45, 7) is 3.98. The zero-order valence-corrected chi connectivity index (χ0v) is 10.6. The number of amides is 2. The topological polar surface area (TPSA) is 49.4 Å². The van der Waals surface area contributed by atoms with Crippen LogP contribution < -0.4 is 5.32 Å². The highest BCUT2D eigenvalue weighted by Gasteiger charge is 2.41. The van der Waals surface area contributed by atoms with Gasteiger partial charge in [0.15, 0.2) is 0 Å². The van der Waals surface area contributed by atoms with Gasteiger partial charge in [0.25, 0.3) is 0 Å². The lowest BCUT2D eigenvalue weighted by Crippen LogP contribution is -2.44. The van der Waals surface area contributed by atoms with Gasteiger partial charge in [0.05, 0.1) is 0 Å². The van der Waals surface area contributed by atoms with Gasteiger partial charge in [0, 0.05) is 31.5 Å². The third-order valence-corrected chi connectivity index (χ3v) is 4.29. The van der Waals surface area contributed by atoms with E-state index in [1.165, 1.54) is 12.8 Å². The Morgan fingerprint density at radius 3 is 2.71 bits per heavy atom. The third-order valence-electron chi connectivity index (χ3n) is 4.29. The van der Waals surface area contributed by atoms with E-state index in [-0.39, 0.29) is 17.2 Å². The Hall–Kier alpha value is -1.06. The predicted molar refractivity (Wildman–Crippen MR) is 65.4 cm³/mol. The first kappa shape index (κ1) is 12.4. The Balaban J connectivity index is 2.05. The highest BCUT2D eigenvalue weighted by molar-refractivity contribution is 5.84. The van der Waals surface area contributed by atoms with Crippen LogP contribution in [0.1, 0.15) is 45.4 Å². The fraction of sp³-hybridized carbons (Fsp3) is 0.846. The van der Waals surface area contributed by atoms with Crippen molar-refractivity contribution in [3.63, 3.8) is 0 Å². The lowest BCUT2D eigenvalue weighted by Gasteiger charge is -2.32. The quantitative estimate of drug-likeness (QED) is 0.788. The predicted octanol–water partition coefficient (Wildman–Crippen LogP) is 1.31. The van der Waals surface area contributed by atoms with E-state index in [9.17, 15) is 9.59 Å². The van der Waals surface area contributed by atoms with Gasteiger partial charge < -0.3 is 10.2 Å². The van der Waals surface area contributed by atoms with Crippen LogP contribution in [-0.2, 0) is 9.59 Å². The smallest absolute Gasteiger partial charge is 0.228 e. The zero-order valence-electron chi connectivity index (χ0n) is 10.6. The van der Waals surface area contributed by atoms with Crippen molar-refractivity contribution in [2.75, 3.05) is 19.6 Å². The molecule has 2 rings (SSSR count). The molecular weight excluding hydrogens is 216 g/mol. The number of nitrogens with zero attached hydrogens (tertiary/aromatic N) is 1. The lowest BCUT2D eigenvalue weighted by molar-refractivity contribution is -0.142. The maximum Gasteiger partial charge on any atom is 0.228 e. The van der Waals surface area contributed by atoms with Gasteiger partial charge in [-0.05, 0) is 19.3 Å². The molecule has 0 spiro atoms. The van der Waals surface area contributed by atoms with Crippen LogP contribution in [0.5, 0.6) is 0 Å². The first-order valence-corrected chi connectivity index (χ1v) is 6.74. The molecule has 0 aromatic carbocycles. The second-order valence-electron chi connectivity index (χ2n) is 5.23. The molecule has 17 heavy (non-hydrogen) atoms. The van der Waals surface area contributed by atoms with Crippen molar-refractivity contribution in [3.8, 4) is 0 Å². The summed E-state index contributed by atoms with van der Waals surface area (Å²) in [5, 5.41) is 2.82. The van der Waals surface area contributed by atoms with E-state index in [1.807, 2.05) is 4.90 Å². The van der Waals surface area contributed by atoms with E-state index in [4.69, 9.17) is 0 Å². The van der Waals surface area contributed by atoms with Gasteiger partial charge in [0.2, 0.25) is 11.8 Å². The van der Waals surface area contributed by atoms with E-state index in [0.29, 0.717) is 26.1 Å². The number of hydrogen-bond donors (Lipinski definition) is 1. The minimum Gasteiger partial charge on any atom is -0.354 e. The molecule has 4 heteroatoms. The van der Waals surface area contributed by atoms with Crippen molar-refractivity contribution in [2.24, 2.45) is 5.41 Å². The molecule has 1 saturated heterocycles. The van der Waals surface area contributed by atoms with Crippen molar-refractivity contribution in [1.29, 1.82) is 0 Å². The average molecular weight is 238 g/mol. The van der Waals surface area contributed by atoms with Gasteiger partial charge >= 0.3 is 0 Å². The van der Waals surface area contributed by atoms with E-state index < -0.39 is 0 Å². The van der Waals surface area contributed by atoms with Gasteiger partial charge in [-0.15, -0.1) is 0 Å². The molecule has 2 fully saturated rings. The Morgan fingerprint density at radius 1 is 1.35 bits per heavy atom. The van der Waals surface area contributed by atoms with Gasteiger partial charge in [-0.3, -0.25) is 9.59 Å². The summed E-state index contributed by atoms with van der Waals surface area (Å²) in [6, 6.07) is 0. The molecule has 1 saturated carbocycles. The highest BCUT2D eigenvalue weighted by atomic mass is 16.2. The van der Waals surface area contributed by atoms with Gasteiger partial charge in [0.1, 0.15) is 0 Å². The Kier molecular flexibility index (Phi) is 3.69. The Bertz CT molecular complexity index is 309. The molecule has 1 heterocycles. The minimum atomic E-state index is -0.118. The molecule has 96 valence electrons. The maximum atomic E-state index is 12.6. The molecule has 0 aromatic rings. The van der Waals surface area contributed by atoms with E-state index in [0.717, 1.165) is 19.3 Å². The van der Waals surface area contributed by atoms with E-state index in [2.05, 4.69) is 12.2 Å². The van der Waals surface area contributed by atoms with Crippen molar-refractivity contribution in [1.82, 2.24) is 10.2 Å². The normalized spacial score (nSPS) is 24.3. The summed E-state index contributed by atoms with van der Waals surface area (Å²) in [4.78, 5) is 25.8. The molecule has 2 aliphatic rings. The van der Waals surface area contributed by atoms with Gasteiger partial charge in [-0.1, -0.05) is 19.8 Å². The van der Waals surface area contributed by atoms with Crippen LogP contribution in [0.4, 0.5) is 0 Å². The summed E-state index contributed by atoms with van der Waals surface area (Å²) < 4.78 is 0. The van der Waals surface area contributed by atoms with Gasteiger partial charge in [-0.2, -0.15) is 0 Å². The molecular formula is C13H22N2O2. The summed E-state index contributed by atoms with van der Waals surface area (Å²) in [5.74, 6) is 0.353. The van der Waals surface area contributed by atoms with Crippen LogP contribution in [0.2, 0.25) is 0 Å². The number of nitrogens with one attached hydrogen (secondary N) is 1. The first-order valence-electron chi connectivity index (χ1n) is 6.74. The fourth-order valence-corrected chi connectivity index (χ4v) is 3.08. The third kappa shape index (κ3) is 2.45. The van der Waals surface area contributed by atoms with Crippen molar-refractivity contribution in [2.45, 2.75) is 45.4 Å². The molecule has 0 radical (unpaired) electrons. The first-order chi connectivity index (χ1) is 8.18. The standard InChI is InChI=1S/C13H22N2O2/c1-2-13(6-3-4-7-13)12(17)15-9-5-11(16)14-8-10-15/h2-10H2,1H3,(H,14,16). The van der Waals surface area contributed by atoms with Crippen LogP contribution in [0.3, 0.4) is 0 Å². The van der Waals surface area contributed by atoms with Crippen LogP contribution in [0, 0.1) is 5.41 Å². The molecule has 1 aliphatic heterocycles. The molecule has 1 N–H and O–H groups in total.